The molecule has 0 spiro atoms. The highest BCUT2D eigenvalue weighted by Gasteiger charge is 2.26. The third-order valence-electron chi connectivity index (χ3n) is 5.14. The largest absolute Gasteiger partial charge is 0.338 e. The van der Waals surface area contributed by atoms with E-state index in [1.54, 1.807) is 11.3 Å². The quantitative estimate of drug-likeness (QED) is 0.882. The van der Waals surface area contributed by atoms with Crippen molar-refractivity contribution in [3.8, 4) is 10.4 Å². The van der Waals surface area contributed by atoms with Crippen LogP contribution >= 0.6 is 23.7 Å². The molecule has 24 heavy (non-hydrogen) atoms. The van der Waals surface area contributed by atoms with Crippen LogP contribution in [-0.4, -0.2) is 37.0 Å². The predicted octanol–water partition coefficient (Wildman–Crippen LogP) is 3.76. The number of likely N-dealkylation sites (tertiary alicyclic amines) is 1. The van der Waals surface area contributed by atoms with E-state index in [9.17, 15) is 4.79 Å². The summed E-state index contributed by atoms with van der Waals surface area (Å²) in [5.41, 5.74) is 4.09. The molecule has 5 heteroatoms. The molecule has 0 radical (unpaired) electrons. The number of benzene rings is 1. The zero-order chi connectivity index (χ0) is 15.8. The van der Waals surface area contributed by atoms with E-state index in [4.69, 9.17) is 0 Å². The molecule has 1 amide bonds. The van der Waals surface area contributed by atoms with Crippen molar-refractivity contribution in [2.75, 3.05) is 20.1 Å². The van der Waals surface area contributed by atoms with Crippen molar-refractivity contribution in [2.45, 2.75) is 31.7 Å². The Hall–Kier alpha value is -1.36. The Kier molecular flexibility index (Phi) is 5.28. The summed E-state index contributed by atoms with van der Waals surface area (Å²) in [4.78, 5) is 17.1. The number of carbonyl (C=O) groups is 1. The molecule has 1 fully saturated rings. The lowest BCUT2D eigenvalue weighted by molar-refractivity contribution is 0.0712. The number of fused-ring (bicyclic) bond motifs is 3. The summed E-state index contributed by atoms with van der Waals surface area (Å²) in [6, 6.07) is 11.3. The van der Waals surface area contributed by atoms with Gasteiger partial charge < -0.3 is 10.2 Å². The van der Waals surface area contributed by atoms with Crippen LogP contribution in [0.25, 0.3) is 10.4 Å². The lowest BCUT2D eigenvalue weighted by Crippen LogP contribution is -2.43. The molecule has 2 aliphatic rings. The summed E-state index contributed by atoms with van der Waals surface area (Å²) in [6.07, 6.45) is 4.24. The van der Waals surface area contributed by atoms with Gasteiger partial charge in [-0.05, 0) is 55.5 Å². The molecule has 3 nitrogen and oxygen atoms in total. The molecule has 0 unspecified atom stereocenters. The Morgan fingerprint density at radius 1 is 1.17 bits per heavy atom. The molecule has 1 aliphatic heterocycles. The first-order valence-corrected chi connectivity index (χ1v) is 9.25. The first-order chi connectivity index (χ1) is 11.3. The van der Waals surface area contributed by atoms with Crippen molar-refractivity contribution >= 4 is 29.7 Å². The van der Waals surface area contributed by atoms with E-state index in [2.05, 4.69) is 35.6 Å². The molecule has 128 valence electrons. The molecule has 1 aromatic heterocycles. The van der Waals surface area contributed by atoms with Crippen molar-refractivity contribution in [2.24, 2.45) is 0 Å². The fraction of sp³-hybridized carbons (Fsp3) is 0.421. The molecule has 4 rings (SSSR count). The van der Waals surface area contributed by atoms with Crippen molar-refractivity contribution in [3.63, 3.8) is 0 Å². The monoisotopic (exact) mass is 362 g/mol. The van der Waals surface area contributed by atoms with Gasteiger partial charge in [-0.2, -0.15) is 0 Å². The molecule has 0 atom stereocenters. The normalized spacial score (nSPS) is 17.0. The number of piperidine rings is 1. The second-order valence-electron chi connectivity index (χ2n) is 6.48. The number of amides is 1. The Morgan fingerprint density at radius 3 is 2.62 bits per heavy atom. The van der Waals surface area contributed by atoms with Gasteiger partial charge in [-0.25, -0.2) is 0 Å². The van der Waals surface area contributed by atoms with Gasteiger partial charge in [0.15, 0.2) is 0 Å². The standard InChI is InChI=1S/C19H22N2OS.ClH/c1-20-15-8-10-21(11-9-15)19(22)17-12-14-7-6-13-4-2-3-5-16(13)18(14)23-17;/h2-5,12,15,20H,6-11H2,1H3;1H. The van der Waals surface area contributed by atoms with E-state index in [-0.39, 0.29) is 18.3 Å². The van der Waals surface area contributed by atoms with Crippen molar-refractivity contribution in [1.29, 1.82) is 0 Å². The number of thiophene rings is 1. The van der Waals surface area contributed by atoms with Gasteiger partial charge >= 0.3 is 0 Å². The molecular formula is C19H23ClN2OS. The fourth-order valence-electron chi connectivity index (χ4n) is 3.70. The van der Waals surface area contributed by atoms with E-state index >= 15 is 0 Å². The molecule has 1 aliphatic carbocycles. The summed E-state index contributed by atoms with van der Waals surface area (Å²) in [7, 11) is 2.01. The van der Waals surface area contributed by atoms with Crippen LogP contribution in [0.15, 0.2) is 30.3 Å². The smallest absolute Gasteiger partial charge is 0.263 e. The molecule has 1 aromatic carbocycles. The number of carbonyl (C=O) groups excluding carboxylic acids is 1. The zero-order valence-electron chi connectivity index (χ0n) is 13.9. The highest BCUT2D eigenvalue weighted by Crippen LogP contribution is 2.39. The molecule has 0 bridgehead atoms. The number of aryl methyl sites for hydroxylation is 2. The highest BCUT2D eigenvalue weighted by atomic mass is 35.5. The molecule has 1 saturated heterocycles. The number of hydrogen-bond donors (Lipinski definition) is 1. The van der Waals surface area contributed by atoms with Gasteiger partial charge in [-0.15, -0.1) is 23.7 Å². The molecule has 1 N–H and O–H groups in total. The van der Waals surface area contributed by atoms with Gasteiger partial charge in [0.2, 0.25) is 0 Å². The number of nitrogens with zero attached hydrogens (tertiary/aromatic N) is 1. The minimum atomic E-state index is 0. The summed E-state index contributed by atoms with van der Waals surface area (Å²) >= 11 is 1.68. The van der Waals surface area contributed by atoms with Crippen molar-refractivity contribution in [1.82, 2.24) is 10.2 Å². The average molecular weight is 363 g/mol. The number of nitrogens with one attached hydrogen (secondary N) is 1. The molecule has 0 saturated carbocycles. The Balaban J connectivity index is 0.00000169. The lowest BCUT2D eigenvalue weighted by Gasteiger charge is -2.31. The van der Waals surface area contributed by atoms with Crippen molar-refractivity contribution in [3.05, 3.63) is 46.3 Å². The van der Waals surface area contributed by atoms with E-state index in [0.717, 1.165) is 43.6 Å². The van der Waals surface area contributed by atoms with Crippen LogP contribution in [0.3, 0.4) is 0 Å². The van der Waals surface area contributed by atoms with Crippen LogP contribution in [0.4, 0.5) is 0 Å². The first-order valence-electron chi connectivity index (χ1n) is 8.44. The third-order valence-corrected chi connectivity index (χ3v) is 6.33. The predicted molar refractivity (Wildman–Crippen MR) is 102 cm³/mol. The maximum Gasteiger partial charge on any atom is 0.263 e. The maximum absolute atomic E-state index is 12.8. The average Bonchev–Trinajstić information content (AvgIpc) is 3.06. The van der Waals surface area contributed by atoms with Gasteiger partial charge in [-0.3, -0.25) is 4.79 Å². The van der Waals surface area contributed by atoms with Gasteiger partial charge in [0.05, 0.1) is 4.88 Å². The summed E-state index contributed by atoms with van der Waals surface area (Å²) < 4.78 is 0. The van der Waals surface area contributed by atoms with E-state index in [1.165, 1.54) is 21.6 Å². The van der Waals surface area contributed by atoms with Crippen LogP contribution in [0.5, 0.6) is 0 Å². The number of halogens is 1. The highest BCUT2D eigenvalue weighted by molar-refractivity contribution is 7.17. The lowest BCUT2D eigenvalue weighted by atomic mass is 9.91. The second-order valence-corrected chi connectivity index (χ2v) is 7.53. The van der Waals surface area contributed by atoms with Gasteiger partial charge in [-0.1, -0.05) is 24.3 Å². The van der Waals surface area contributed by atoms with E-state index in [1.807, 2.05) is 11.9 Å². The summed E-state index contributed by atoms with van der Waals surface area (Å²) in [5, 5.41) is 3.32. The second kappa shape index (κ2) is 7.26. The number of rotatable bonds is 2. The molecule has 2 heterocycles. The van der Waals surface area contributed by atoms with Crippen molar-refractivity contribution < 1.29 is 4.79 Å². The van der Waals surface area contributed by atoms with Crippen LogP contribution in [0, 0.1) is 0 Å². The first kappa shape index (κ1) is 17.5. The maximum atomic E-state index is 12.8. The Labute approximate surface area is 153 Å². The molecular weight excluding hydrogens is 340 g/mol. The zero-order valence-corrected chi connectivity index (χ0v) is 15.5. The van der Waals surface area contributed by atoms with Gasteiger partial charge in [0, 0.05) is 24.0 Å². The van der Waals surface area contributed by atoms with Gasteiger partial charge in [0.25, 0.3) is 5.91 Å². The Bertz CT molecular complexity index is 735. The van der Waals surface area contributed by atoms with E-state index in [0.29, 0.717) is 6.04 Å². The third kappa shape index (κ3) is 3.10. The molecule has 2 aromatic rings. The van der Waals surface area contributed by atoms with Crippen LogP contribution in [0.2, 0.25) is 0 Å². The van der Waals surface area contributed by atoms with E-state index < -0.39 is 0 Å². The van der Waals surface area contributed by atoms with Crippen LogP contribution in [0.1, 0.15) is 33.6 Å². The van der Waals surface area contributed by atoms with Crippen LogP contribution < -0.4 is 5.32 Å². The Morgan fingerprint density at radius 2 is 1.88 bits per heavy atom. The minimum absolute atomic E-state index is 0. The topological polar surface area (TPSA) is 32.3 Å². The minimum Gasteiger partial charge on any atom is -0.338 e. The summed E-state index contributed by atoms with van der Waals surface area (Å²) in [5.74, 6) is 0.219. The van der Waals surface area contributed by atoms with Crippen LogP contribution in [-0.2, 0) is 12.8 Å². The SMILES string of the molecule is CNC1CCN(C(=O)c2cc3c(s2)-c2ccccc2CC3)CC1.Cl. The summed E-state index contributed by atoms with van der Waals surface area (Å²) in [6.45, 7) is 1.73. The number of hydrogen-bond acceptors (Lipinski definition) is 3. The van der Waals surface area contributed by atoms with Gasteiger partial charge in [0.1, 0.15) is 0 Å². The fourth-order valence-corrected chi connectivity index (χ4v) is 4.94.